The predicted molar refractivity (Wildman–Crippen MR) is 70.9 cm³/mol. The van der Waals surface area contributed by atoms with Crippen molar-refractivity contribution in [1.82, 2.24) is 9.97 Å². The molecule has 0 saturated heterocycles. The van der Waals surface area contributed by atoms with Gasteiger partial charge in [-0.1, -0.05) is 11.6 Å². The van der Waals surface area contributed by atoms with Crippen molar-refractivity contribution in [2.45, 2.75) is 13.1 Å². The van der Waals surface area contributed by atoms with Gasteiger partial charge < -0.3 is 11.1 Å². The summed E-state index contributed by atoms with van der Waals surface area (Å²) in [5.41, 5.74) is 5.37. The van der Waals surface area contributed by atoms with Gasteiger partial charge in [-0.15, -0.1) is 0 Å². The van der Waals surface area contributed by atoms with E-state index in [2.05, 4.69) is 15.3 Å². The number of nitrogens with two attached hydrogens (primary N) is 1. The summed E-state index contributed by atoms with van der Waals surface area (Å²) in [5.74, 6) is 0.319. The number of hydrogen-bond acceptors (Lipinski definition) is 4. The van der Waals surface area contributed by atoms with E-state index >= 15 is 0 Å². The molecule has 0 aliphatic heterocycles. The molecule has 0 atom stereocenters. The average Bonchev–Trinajstić information content (AvgIpc) is 2.35. The van der Waals surface area contributed by atoms with E-state index in [1.807, 2.05) is 0 Å². The van der Waals surface area contributed by atoms with Crippen LogP contribution in [0.15, 0.2) is 24.4 Å². The van der Waals surface area contributed by atoms with Crippen molar-refractivity contribution in [2.24, 2.45) is 0 Å². The van der Waals surface area contributed by atoms with Gasteiger partial charge in [-0.25, -0.2) is 4.98 Å². The highest BCUT2D eigenvalue weighted by atomic mass is 35.5. The van der Waals surface area contributed by atoms with Crippen molar-refractivity contribution in [3.8, 4) is 0 Å². The molecule has 0 radical (unpaired) electrons. The van der Waals surface area contributed by atoms with E-state index in [0.717, 1.165) is 12.1 Å². The highest BCUT2D eigenvalue weighted by molar-refractivity contribution is 6.33. The van der Waals surface area contributed by atoms with E-state index in [-0.39, 0.29) is 16.7 Å². The number of hydrogen-bond donors (Lipinski definition) is 2. The first-order valence-electron chi connectivity index (χ1n) is 5.50. The van der Waals surface area contributed by atoms with E-state index in [0.29, 0.717) is 11.4 Å². The van der Waals surface area contributed by atoms with Crippen LogP contribution in [-0.2, 0) is 6.18 Å². The van der Waals surface area contributed by atoms with Crippen LogP contribution in [0.3, 0.4) is 0 Å². The van der Waals surface area contributed by atoms with Crippen LogP contribution < -0.4 is 11.1 Å². The fraction of sp³-hybridized carbons (Fsp3) is 0.167. The van der Waals surface area contributed by atoms with Crippen LogP contribution in [0.4, 0.5) is 30.6 Å². The molecule has 0 unspecified atom stereocenters. The zero-order valence-electron chi connectivity index (χ0n) is 10.3. The Bertz CT molecular complexity index is 643. The molecule has 0 amide bonds. The number of rotatable bonds is 2. The van der Waals surface area contributed by atoms with Gasteiger partial charge in [-0.3, -0.25) is 0 Å². The van der Waals surface area contributed by atoms with Crippen molar-refractivity contribution in [3.05, 3.63) is 40.5 Å². The van der Waals surface area contributed by atoms with Gasteiger partial charge in [0.05, 0.1) is 16.3 Å². The van der Waals surface area contributed by atoms with Gasteiger partial charge in [0, 0.05) is 11.8 Å². The molecule has 0 aliphatic rings. The molecule has 0 fully saturated rings. The quantitative estimate of drug-likeness (QED) is 0.886. The summed E-state index contributed by atoms with van der Waals surface area (Å²) in [4.78, 5) is 7.69. The van der Waals surface area contributed by atoms with Gasteiger partial charge >= 0.3 is 6.18 Å². The maximum absolute atomic E-state index is 12.7. The predicted octanol–water partition coefficient (Wildman–Crippen LogP) is 3.78. The summed E-state index contributed by atoms with van der Waals surface area (Å²) in [6.45, 7) is 1.70. The second-order valence-corrected chi connectivity index (χ2v) is 4.48. The lowest BCUT2D eigenvalue weighted by molar-refractivity contribution is -0.137. The highest BCUT2D eigenvalue weighted by Crippen LogP contribution is 2.35. The van der Waals surface area contributed by atoms with Crippen LogP contribution in [0.1, 0.15) is 11.1 Å². The molecule has 0 aliphatic carbocycles. The lowest BCUT2D eigenvalue weighted by Gasteiger charge is -2.13. The minimum atomic E-state index is -4.44. The molecule has 0 spiro atoms. The molecule has 20 heavy (non-hydrogen) atoms. The number of aryl methyl sites for hydroxylation is 1. The third kappa shape index (κ3) is 3.11. The Morgan fingerprint density at radius 2 is 2.00 bits per heavy atom. The number of nitrogens with one attached hydrogen (secondary N) is 1. The fourth-order valence-corrected chi connectivity index (χ4v) is 1.67. The molecule has 2 rings (SSSR count). The van der Waals surface area contributed by atoms with Crippen molar-refractivity contribution in [2.75, 3.05) is 11.1 Å². The fourth-order valence-electron chi connectivity index (χ4n) is 1.51. The lowest BCUT2D eigenvalue weighted by Crippen LogP contribution is -2.07. The Morgan fingerprint density at radius 3 is 2.65 bits per heavy atom. The van der Waals surface area contributed by atoms with Gasteiger partial charge in [0.25, 0.3) is 0 Å². The summed E-state index contributed by atoms with van der Waals surface area (Å²) in [7, 11) is 0. The zero-order valence-corrected chi connectivity index (χ0v) is 11.0. The monoisotopic (exact) mass is 302 g/mol. The highest BCUT2D eigenvalue weighted by Gasteiger charge is 2.31. The molecule has 0 saturated carbocycles. The number of nitrogen functional groups attached to an aromatic ring is 1. The Balaban J connectivity index is 2.40. The van der Waals surface area contributed by atoms with Crippen LogP contribution in [0.25, 0.3) is 0 Å². The Kier molecular flexibility index (Phi) is 3.71. The number of aromatic nitrogens is 2. The summed E-state index contributed by atoms with van der Waals surface area (Å²) in [5, 5.41) is 2.88. The van der Waals surface area contributed by atoms with Crippen LogP contribution in [-0.4, -0.2) is 9.97 Å². The minimum Gasteiger partial charge on any atom is -0.368 e. The summed E-state index contributed by atoms with van der Waals surface area (Å²) in [6, 6.07) is 3.00. The number of alkyl halides is 3. The first-order chi connectivity index (χ1) is 9.27. The first-order valence-corrected chi connectivity index (χ1v) is 5.88. The molecule has 106 valence electrons. The summed E-state index contributed by atoms with van der Waals surface area (Å²) >= 11 is 5.88. The topological polar surface area (TPSA) is 63.8 Å². The zero-order chi connectivity index (χ0) is 14.9. The number of benzene rings is 1. The summed E-state index contributed by atoms with van der Waals surface area (Å²) < 4.78 is 38.0. The van der Waals surface area contributed by atoms with Crippen LogP contribution in [0.5, 0.6) is 0 Å². The van der Waals surface area contributed by atoms with Crippen LogP contribution in [0, 0.1) is 6.92 Å². The second-order valence-electron chi connectivity index (χ2n) is 4.08. The summed E-state index contributed by atoms with van der Waals surface area (Å²) in [6.07, 6.45) is -2.98. The number of halogens is 4. The molecule has 0 bridgehead atoms. The maximum Gasteiger partial charge on any atom is 0.416 e. The van der Waals surface area contributed by atoms with E-state index in [9.17, 15) is 13.2 Å². The molecular weight excluding hydrogens is 293 g/mol. The Labute approximate surface area is 117 Å². The molecule has 3 N–H and O–H groups in total. The third-order valence-electron chi connectivity index (χ3n) is 2.54. The standard InChI is InChI=1S/C12H10ClF3N4/c1-6-5-18-11(17)20-10(6)19-9-4-7(12(14,15)16)2-3-8(9)13/h2-5H,1H3,(H3,17,18,19,20). The second kappa shape index (κ2) is 5.16. The Morgan fingerprint density at radius 1 is 1.30 bits per heavy atom. The van der Waals surface area contributed by atoms with E-state index < -0.39 is 11.7 Å². The number of nitrogens with zero attached hydrogens (tertiary/aromatic N) is 2. The molecule has 4 nitrogen and oxygen atoms in total. The van der Waals surface area contributed by atoms with Crippen LogP contribution >= 0.6 is 11.6 Å². The normalized spacial score (nSPS) is 11.4. The van der Waals surface area contributed by atoms with Crippen molar-refractivity contribution in [3.63, 3.8) is 0 Å². The van der Waals surface area contributed by atoms with E-state index in [1.165, 1.54) is 12.3 Å². The van der Waals surface area contributed by atoms with E-state index in [4.69, 9.17) is 17.3 Å². The first kappa shape index (κ1) is 14.4. The average molecular weight is 303 g/mol. The van der Waals surface area contributed by atoms with Crippen molar-refractivity contribution in [1.29, 1.82) is 0 Å². The molecule has 1 aromatic carbocycles. The third-order valence-corrected chi connectivity index (χ3v) is 2.87. The Hall–Kier alpha value is -2.02. The molecule has 1 aromatic heterocycles. The van der Waals surface area contributed by atoms with Gasteiger partial charge in [0.1, 0.15) is 5.82 Å². The molecular formula is C12H10ClF3N4. The van der Waals surface area contributed by atoms with Gasteiger partial charge in [-0.05, 0) is 25.1 Å². The lowest BCUT2D eigenvalue weighted by atomic mass is 10.2. The largest absolute Gasteiger partial charge is 0.416 e. The molecule has 8 heteroatoms. The van der Waals surface area contributed by atoms with Gasteiger partial charge in [0.15, 0.2) is 0 Å². The van der Waals surface area contributed by atoms with Crippen LogP contribution in [0.2, 0.25) is 5.02 Å². The van der Waals surface area contributed by atoms with Crippen molar-refractivity contribution >= 4 is 29.1 Å². The minimum absolute atomic E-state index is 0.0150. The van der Waals surface area contributed by atoms with E-state index in [1.54, 1.807) is 6.92 Å². The van der Waals surface area contributed by atoms with Gasteiger partial charge in [-0.2, -0.15) is 18.2 Å². The number of anilines is 3. The van der Waals surface area contributed by atoms with Gasteiger partial charge in [0.2, 0.25) is 5.95 Å². The van der Waals surface area contributed by atoms with Crippen molar-refractivity contribution < 1.29 is 13.2 Å². The molecule has 2 aromatic rings. The smallest absolute Gasteiger partial charge is 0.368 e. The SMILES string of the molecule is Cc1cnc(N)nc1Nc1cc(C(F)(F)F)ccc1Cl. The maximum atomic E-state index is 12.7. The molecule has 1 heterocycles.